The Balaban J connectivity index is 2.51. The van der Waals surface area contributed by atoms with Crippen LogP contribution in [0.15, 0.2) is 29.3 Å². The molecule has 0 saturated heterocycles. The molecule has 0 aliphatic carbocycles. The van der Waals surface area contributed by atoms with E-state index in [1.807, 2.05) is 0 Å². The first kappa shape index (κ1) is 11.7. The molecule has 0 fully saturated rings. The van der Waals surface area contributed by atoms with Crippen LogP contribution in [0, 0.1) is 5.82 Å². The zero-order chi connectivity index (χ0) is 10.6. The van der Waals surface area contributed by atoms with Crippen molar-refractivity contribution >= 4 is 27.5 Å². The van der Waals surface area contributed by atoms with Gasteiger partial charge in [-0.2, -0.15) is 0 Å². The summed E-state index contributed by atoms with van der Waals surface area (Å²) in [5, 5.41) is 3.27. The predicted molar refractivity (Wildman–Crippen MR) is 61.2 cm³/mol. The van der Waals surface area contributed by atoms with Crippen molar-refractivity contribution in [2.24, 2.45) is 0 Å². The fraction of sp³-hybridized carbons (Fsp3) is 0.200. The summed E-state index contributed by atoms with van der Waals surface area (Å²) in [7, 11) is 0. The van der Waals surface area contributed by atoms with Gasteiger partial charge in [0.25, 0.3) is 0 Å². The molecule has 0 aliphatic heterocycles. The van der Waals surface area contributed by atoms with E-state index in [2.05, 4.69) is 27.8 Å². The number of hydrogen-bond acceptors (Lipinski definition) is 1. The van der Waals surface area contributed by atoms with Crippen LogP contribution in [0.4, 0.5) is 4.39 Å². The average molecular weight is 279 g/mol. The summed E-state index contributed by atoms with van der Waals surface area (Å²) < 4.78 is 13.7. The lowest BCUT2D eigenvalue weighted by Gasteiger charge is -2.04. The van der Waals surface area contributed by atoms with Crippen LogP contribution in [0.1, 0.15) is 5.56 Å². The molecular weight excluding hydrogens is 268 g/mol. The SMILES string of the molecule is C=C(Br)CNCc1ccc(F)c(Cl)c1. The molecule has 0 atom stereocenters. The molecule has 1 aromatic rings. The van der Waals surface area contributed by atoms with Crippen LogP contribution in [0.25, 0.3) is 0 Å². The fourth-order valence-electron chi connectivity index (χ4n) is 0.992. The second-order valence-electron chi connectivity index (χ2n) is 2.87. The Hall–Kier alpha value is -0.380. The monoisotopic (exact) mass is 277 g/mol. The minimum atomic E-state index is -0.389. The first-order valence-electron chi connectivity index (χ1n) is 4.07. The molecule has 0 amide bonds. The van der Waals surface area contributed by atoms with E-state index in [0.29, 0.717) is 13.1 Å². The van der Waals surface area contributed by atoms with Crippen LogP contribution >= 0.6 is 27.5 Å². The summed E-state index contributed by atoms with van der Waals surface area (Å²) in [5.41, 5.74) is 0.949. The Morgan fingerprint density at radius 1 is 1.57 bits per heavy atom. The zero-order valence-corrected chi connectivity index (χ0v) is 9.83. The molecule has 0 aliphatic rings. The van der Waals surface area contributed by atoms with Gasteiger partial charge in [-0.05, 0) is 17.7 Å². The normalized spacial score (nSPS) is 10.2. The number of hydrogen-bond donors (Lipinski definition) is 1. The third kappa shape index (κ3) is 3.78. The average Bonchev–Trinajstić information content (AvgIpc) is 2.10. The quantitative estimate of drug-likeness (QED) is 0.889. The lowest BCUT2D eigenvalue weighted by Crippen LogP contribution is -2.14. The Morgan fingerprint density at radius 3 is 2.86 bits per heavy atom. The van der Waals surface area contributed by atoms with Gasteiger partial charge in [0.2, 0.25) is 0 Å². The predicted octanol–water partition coefficient (Wildman–Crippen LogP) is 3.48. The van der Waals surface area contributed by atoms with Gasteiger partial charge in [0.15, 0.2) is 0 Å². The molecule has 1 N–H and O–H groups in total. The smallest absolute Gasteiger partial charge is 0.141 e. The highest BCUT2D eigenvalue weighted by Crippen LogP contribution is 2.15. The molecule has 1 aromatic carbocycles. The summed E-state index contributed by atoms with van der Waals surface area (Å²) in [5.74, 6) is -0.389. The molecule has 76 valence electrons. The molecule has 0 radical (unpaired) electrons. The van der Waals surface area contributed by atoms with Gasteiger partial charge in [0.05, 0.1) is 5.02 Å². The van der Waals surface area contributed by atoms with Gasteiger partial charge in [-0.3, -0.25) is 0 Å². The number of benzene rings is 1. The highest BCUT2D eigenvalue weighted by atomic mass is 79.9. The van der Waals surface area contributed by atoms with Gasteiger partial charge < -0.3 is 5.32 Å². The molecule has 0 saturated carbocycles. The molecular formula is C10H10BrClFN. The molecule has 0 unspecified atom stereocenters. The lowest BCUT2D eigenvalue weighted by molar-refractivity contribution is 0.626. The van der Waals surface area contributed by atoms with E-state index in [9.17, 15) is 4.39 Å². The summed E-state index contributed by atoms with van der Waals surface area (Å²) in [6, 6.07) is 4.67. The molecule has 0 spiro atoms. The van der Waals surface area contributed by atoms with Gasteiger partial charge in [-0.15, -0.1) is 0 Å². The highest BCUT2D eigenvalue weighted by Gasteiger charge is 2.00. The maximum atomic E-state index is 12.8. The molecule has 1 nitrogen and oxygen atoms in total. The molecule has 14 heavy (non-hydrogen) atoms. The van der Waals surface area contributed by atoms with Gasteiger partial charge in [0.1, 0.15) is 5.82 Å². The second kappa shape index (κ2) is 5.49. The summed E-state index contributed by atoms with van der Waals surface area (Å²) in [6.45, 7) is 5.01. The van der Waals surface area contributed by atoms with Gasteiger partial charge in [0, 0.05) is 17.6 Å². The third-order valence-corrected chi connectivity index (χ3v) is 2.20. The first-order valence-corrected chi connectivity index (χ1v) is 5.24. The maximum Gasteiger partial charge on any atom is 0.141 e. The minimum absolute atomic E-state index is 0.155. The number of nitrogens with one attached hydrogen (secondary N) is 1. The van der Waals surface area contributed by atoms with E-state index in [1.165, 1.54) is 6.07 Å². The van der Waals surface area contributed by atoms with Crippen molar-refractivity contribution in [2.45, 2.75) is 6.54 Å². The van der Waals surface area contributed by atoms with Crippen molar-refractivity contribution in [3.8, 4) is 0 Å². The van der Waals surface area contributed by atoms with E-state index in [1.54, 1.807) is 12.1 Å². The van der Waals surface area contributed by atoms with Crippen LogP contribution in [-0.2, 0) is 6.54 Å². The van der Waals surface area contributed by atoms with Crippen molar-refractivity contribution in [1.82, 2.24) is 5.32 Å². The van der Waals surface area contributed by atoms with E-state index in [-0.39, 0.29) is 10.8 Å². The lowest BCUT2D eigenvalue weighted by atomic mass is 10.2. The van der Waals surface area contributed by atoms with E-state index < -0.39 is 0 Å². The minimum Gasteiger partial charge on any atom is -0.308 e. The van der Waals surface area contributed by atoms with Crippen molar-refractivity contribution in [1.29, 1.82) is 0 Å². The Morgan fingerprint density at radius 2 is 2.29 bits per heavy atom. The fourth-order valence-corrected chi connectivity index (χ4v) is 1.39. The Bertz CT molecular complexity index is 341. The van der Waals surface area contributed by atoms with Gasteiger partial charge in [-0.1, -0.05) is 40.2 Å². The first-order chi connectivity index (χ1) is 6.59. The van der Waals surface area contributed by atoms with Crippen LogP contribution in [0.2, 0.25) is 5.02 Å². The van der Waals surface area contributed by atoms with Crippen LogP contribution in [0.5, 0.6) is 0 Å². The second-order valence-corrected chi connectivity index (χ2v) is 4.40. The van der Waals surface area contributed by atoms with E-state index in [0.717, 1.165) is 10.0 Å². The third-order valence-electron chi connectivity index (χ3n) is 1.63. The van der Waals surface area contributed by atoms with Crippen molar-refractivity contribution in [3.05, 3.63) is 45.7 Å². The van der Waals surface area contributed by atoms with Crippen LogP contribution < -0.4 is 5.32 Å². The summed E-state index contributed by atoms with van der Waals surface area (Å²) >= 11 is 8.86. The van der Waals surface area contributed by atoms with Crippen molar-refractivity contribution in [3.63, 3.8) is 0 Å². The standard InChI is InChI=1S/C10H10BrClFN/c1-7(11)5-14-6-8-2-3-10(13)9(12)4-8/h2-4,14H,1,5-6H2. The van der Waals surface area contributed by atoms with Crippen LogP contribution in [-0.4, -0.2) is 6.54 Å². The Kier molecular flexibility index (Phi) is 4.58. The molecule has 4 heteroatoms. The molecule has 0 bridgehead atoms. The summed E-state index contributed by atoms with van der Waals surface area (Å²) in [6.07, 6.45) is 0. The topological polar surface area (TPSA) is 12.0 Å². The maximum absolute atomic E-state index is 12.8. The molecule has 0 aromatic heterocycles. The molecule has 0 heterocycles. The van der Waals surface area contributed by atoms with Crippen molar-refractivity contribution in [2.75, 3.05) is 6.54 Å². The summed E-state index contributed by atoms with van der Waals surface area (Å²) in [4.78, 5) is 0. The Labute approximate surface area is 96.1 Å². The molecule has 1 rings (SSSR count). The van der Waals surface area contributed by atoms with Crippen molar-refractivity contribution < 1.29 is 4.39 Å². The largest absolute Gasteiger partial charge is 0.308 e. The van der Waals surface area contributed by atoms with Crippen LogP contribution in [0.3, 0.4) is 0 Å². The number of rotatable bonds is 4. The zero-order valence-electron chi connectivity index (χ0n) is 7.49. The highest BCUT2D eigenvalue weighted by molar-refractivity contribution is 9.11. The van der Waals surface area contributed by atoms with E-state index in [4.69, 9.17) is 11.6 Å². The number of halogens is 3. The van der Waals surface area contributed by atoms with Gasteiger partial charge in [-0.25, -0.2) is 4.39 Å². The van der Waals surface area contributed by atoms with Gasteiger partial charge >= 0.3 is 0 Å². The van der Waals surface area contributed by atoms with E-state index >= 15 is 0 Å².